The highest BCUT2D eigenvalue weighted by Gasteiger charge is 2.11. The molecule has 0 heterocycles. The van der Waals surface area contributed by atoms with Crippen molar-refractivity contribution in [3.8, 4) is 0 Å². The highest BCUT2D eigenvalue weighted by atomic mass is 16.2. The fourth-order valence-electron chi connectivity index (χ4n) is 1.08. The second-order valence-electron chi connectivity index (χ2n) is 2.78. The lowest BCUT2D eigenvalue weighted by Gasteiger charge is -2.03. The lowest BCUT2D eigenvalue weighted by Crippen LogP contribution is -2.20. The molecule has 4 N–H and O–H groups in total. The molecule has 1 aromatic rings. The van der Waals surface area contributed by atoms with E-state index in [-0.39, 0.29) is 11.1 Å². The Kier molecular flexibility index (Phi) is 2.32. The van der Waals surface area contributed by atoms with Gasteiger partial charge in [-0.1, -0.05) is 11.6 Å². The molecule has 0 aromatic heterocycles. The quantitative estimate of drug-likeness (QED) is 0.677. The van der Waals surface area contributed by atoms with Gasteiger partial charge in [0.1, 0.15) is 0 Å². The summed E-state index contributed by atoms with van der Waals surface area (Å²) >= 11 is 0. The lowest BCUT2D eigenvalue weighted by molar-refractivity contribution is 0.0967. The zero-order valence-electron chi connectivity index (χ0n) is 7.20. The molecule has 0 aliphatic heterocycles. The average Bonchev–Trinajstić information content (AvgIpc) is 2.03. The molecule has 0 atom stereocenters. The van der Waals surface area contributed by atoms with E-state index >= 15 is 0 Å². The van der Waals surface area contributed by atoms with Crippen molar-refractivity contribution in [2.75, 3.05) is 0 Å². The zero-order chi connectivity index (χ0) is 10.0. The molecule has 0 bridgehead atoms. The van der Waals surface area contributed by atoms with E-state index < -0.39 is 11.8 Å². The number of nitrogens with two attached hydrogens (primary N) is 2. The minimum Gasteiger partial charge on any atom is -0.366 e. The molecular formula is C9H10N2O2. The van der Waals surface area contributed by atoms with Gasteiger partial charge in [-0.15, -0.1) is 0 Å². The number of carbonyl (C=O) groups excluding carboxylic acids is 2. The van der Waals surface area contributed by atoms with Crippen LogP contribution in [0.5, 0.6) is 0 Å². The Balaban J connectivity index is 3.35. The van der Waals surface area contributed by atoms with E-state index in [1.807, 2.05) is 0 Å². The van der Waals surface area contributed by atoms with Crippen molar-refractivity contribution in [2.24, 2.45) is 11.5 Å². The molecule has 0 aliphatic rings. The predicted molar refractivity (Wildman–Crippen MR) is 48.2 cm³/mol. The minimum absolute atomic E-state index is 0.165. The van der Waals surface area contributed by atoms with Crippen molar-refractivity contribution in [3.05, 3.63) is 34.9 Å². The van der Waals surface area contributed by atoms with Gasteiger partial charge < -0.3 is 11.5 Å². The van der Waals surface area contributed by atoms with Gasteiger partial charge in [0.25, 0.3) is 0 Å². The summed E-state index contributed by atoms with van der Waals surface area (Å²) in [6, 6.07) is 4.74. The maximum Gasteiger partial charge on any atom is 0.249 e. The molecule has 13 heavy (non-hydrogen) atoms. The van der Waals surface area contributed by atoms with Crippen LogP contribution in [0.1, 0.15) is 26.3 Å². The molecule has 2 amide bonds. The molecule has 4 nitrogen and oxygen atoms in total. The fourth-order valence-corrected chi connectivity index (χ4v) is 1.08. The summed E-state index contributed by atoms with van der Waals surface area (Å²) in [7, 11) is 0. The van der Waals surface area contributed by atoms with E-state index in [9.17, 15) is 9.59 Å². The van der Waals surface area contributed by atoms with Crippen LogP contribution in [0.15, 0.2) is 18.2 Å². The molecule has 0 fully saturated rings. The molecule has 68 valence electrons. The molecular weight excluding hydrogens is 168 g/mol. The largest absolute Gasteiger partial charge is 0.366 e. The SMILES string of the molecule is Cc1ccc(C(N)=O)c(C(N)=O)c1. The summed E-state index contributed by atoms with van der Waals surface area (Å²) in [5.74, 6) is -1.29. The number of primary amides is 2. The van der Waals surface area contributed by atoms with Gasteiger partial charge in [-0.25, -0.2) is 0 Å². The second kappa shape index (κ2) is 3.26. The summed E-state index contributed by atoms with van der Waals surface area (Å²) in [4.78, 5) is 21.7. The molecule has 0 unspecified atom stereocenters. The van der Waals surface area contributed by atoms with Gasteiger partial charge in [0.2, 0.25) is 11.8 Å². The van der Waals surface area contributed by atoms with Crippen molar-refractivity contribution in [3.63, 3.8) is 0 Å². The van der Waals surface area contributed by atoms with E-state index in [1.54, 1.807) is 19.1 Å². The second-order valence-corrected chi connectivity index (χ2v) is 2.78. The maximum absolute atomic E-state index is 10.9. The number of hydrogen-bond donors (Lipinski definition) is 2. The maximum atomic E-state index is 10.9. The van der Waals surface area contributed by atoms with Crippen molar-refractivity contribution in [1.82, 2.24) is 0 Å². The molecule has 0 spiro atoms. The smallest absolute Gasteiger partial charge is 0.249 e. The Bertz CT molecular complexity index is 372. The zero-order valence-corrected chi connectivity index (χ0v) is 7.20. The highest BCUT2D eigenvalue weighted by molar-refractivity contribution is 6.06. The molecule has 0 saturated heterocycles. The number of aryl methyl sites for hydroxylation is 1. The first-order chi connectivity index (χ1) is 6.02. The first-order valence-corrected chi connectivity index (χ1v) is 3.72. The van der Waals surface area contributed by atoms with E-state index in [2.05, 4.69) is 0 Å². The number of rotatable bonds is 2. The third-order valence-electron chi connectivity index (χ3n) is 1.71. The monoisotopic (exact) mass is 178 g/mol. The minimum atomic E-state index is -0.645. The first kappa shape index (κ1) is 9.25. The summed E-state index contributed by atoms with van der Waals surface area (Å²) < 4.78 is 0. The third kappa shape index (κ3) is 1.84. The molecule has 0 radical (unpaired) electrons. The third-order valence-corrected chi connectivity index (χ3v) is 1.71. The van der Waals surface area contributed by atoms with Gasteiger partial charge in [-0.05, 0) is 19.1 Å². The number of benzene rings is 1. The highest BCUT2D eigenvalue weighted by Crippen LogP contribution is 2.10. The van der Waals surface area contributed by atoms with Crippen LogP contribution in [0, 0.1) is 6.92 Å². The van der Waals surface area contributed by atoms with Crippen molar-refractivity contribution < 1.29 is 9.59 Å². The van der Waals surface area contributed by atoms with Gasteiger partial charge >= 0.3 is 0 Å². The Morgan fingerprint density at radius 1 is 1.08 bits per heavy atom. The van der Waals surface area contributed by atoms with E-state index in [0.717, 1.165) is 5.56 Å². The lowest BCUT2D eigenvalue weighted by atomic mass is 10.0. The Morgan fingerprint density at radius 2 is 1.62 bits per heavy atom. The topological polar surface area (TPSA) is 86.2 Å². The summed E-state index contributed by atoms with van der Waals surface area (Å²) in [6.07, 6.45) is 0. The first-order valence-electron chi connectivity index (χ1n) is 3.72. The van der Waals surface area contributed by atoms with Gasteiger partial charge in [0, 0.05) is 0 Å². The predicted octanol–water partition coefficient (Wildman–Crippen LogP) is 0.193. The van der Waals surface area contributed by atoms with Crippen molar-refractivity contribution >= 4 is 11.8 Å². The van der Waals surface area contributed by atoms with Crippen LogP contribution >= 0.6 is 0 Å². The van der Waals surface area contributed by atoms with Crippen molar-refractivity contribution in [1.29, 1.82) is 0 Å². The summed E-state index contributed by atoms with van der Waals surface area (Å²) in [5, 5.41) is 0. The molecule has 0 aliphatic carbocycles. The number of amides is 2. The Morgan fingerprint density at radius 3 is 2.08 bits per heavy atom. The molecule has 1 aromatic carbocycles. The van der Waals surface area contributed by atoms with Crippen LogP contribution in [-0.2, 0) is 0 Å². The normalized spacial score (nSPS) is 9.62. The van der Waals surface area contributed by atoms with Crippen LogP contribution in [0.3, 0.4) is 0 Å². The summed E-state index contributed by atoms with van der Waals surface area (Å²) in [5.41, 5.74) is 11.3. The van der Waals surface area contributed by atoms with Gasteiger partial charge in [0.05, 0.1) is 11.1 Å². The number of carbonyl (C=O) groups is 2. The molecule has 1 rings (SSSR count). The van der Waals surface area contributed by atoms with Crippen LogP contribution in [0.25, 0.3) is 0 Å². The van der Waals surface area contributed by atoms with Crippen LogP contribution in [0.4, 0.5) is 0 Å². The van der Waals surface area contributed by atoms with Gasteiger partial charge in [-0.3, -0.25) is 9.59 Å². The van der Waals surface area contributed by atoms with Gasteiger partial charge in [0.15, 0.2) is 0 Å². The molecule has 0 saturated carbocycles. The average molecular weight is 178 g/mol. The Labute approximate surface area is 75.5 Å². The van der Waals surface area contributed by atoms with Crippen LogP contribution in [0.2, 0.25) is 0 Å². The van der Waals surface area contributed by atoms with E-state index in [1.165, 1.54) is 6.07 Å². The van der Waals surface area contributed by atoms with E-state index in [0.29, 0.717) is 0 Å². The number of hydrogen-bond acceptors (Lipinski definition) is 2. The fraction of sp³-hybridized carbons (Fsp3) is 0.111. The standard InChI is InChI=1S/C9H10N2O2/c1-5-2-3-6(8(10)12)7(4-5)9(11)13/h2-4H,1H3,(H2,10,12)(H2,11,13). The van der Waals surface area contributed by atoms with Crippen molar-refractivity contribution in [2.45, 2.75) is 6.92 Å². The van der Waals surface area contributed by atoms with E-state index in [4.69, 9.17) is 11.5 Å². The molecule has 4 heteroatoms. The summed E-state index contributed by atoms with van der Waals surface area (Å²) in [6.45, 7) is 1.80. The van der Waals surface area contributed by atoms with Gasteiger partial charge in [-0.2, -0.15) is 0 Å². The van der Waals surface area contributed by atoms with Crippen LogP contribution < -0.4 is 11.5 Å². The Hall–Kier alpha value is -1.84. The van der Waals surface area contributed by atoms with Crippen LogP contribution in [-0.4, -0.2) is 11.8 Å².